The van der Waals surface area contributed by atoms with Gasteiger partial charge in [0.1, 0.15) is 12.2 Å². The Morgan fingerprint density at radius 2 is 1.75 bits per heavy atom. The molecule has 0 aliphatic heterocycles. The molecule has 4 heteroatoms. The summed E-state index contributed by atoms with van der Waals surface area (Å²) >= 11 is 0. The molecule has 0 amide bonds. The van der Waals surface area contributed by atoms with Gasteiger partial charge in [-0.2, -0.15) is 0 Å². The molecule has 0 aromatic rings. The van der Waals surface area contributed by atoms with E-state index >= 15 is 0 Å². The molecule has 0 aromatic heterocycles. The lowest BCUT2D eigenvalue weighted by Crippen LogP contribution is -2.42. The lowest BCUT2D eigenvalue weighted by molar-refractivity contribution is -0.0864. The van der Waals surface area contributed by atoms with E-state index in [-0.39, 0.29) is 5.92 Å². The van der Waals surface area contributed by atoms with Crippen molar-refractivity contribution in [2.75, 3.05) is 6.61 Å². The predicted molar refractivity (Wildman–Crippen MR) is 44.5 cm³/mol. The fourth-order valence-electron chi connectivity index (χ4n) is 0.786. The highest BCUT2D eigenvalue weighted by Gasteiger charge is 2.26. The highest BCUT2D eigenvalue weighted by molar-refractivity contribution is 4.87. The molecule has 12 heavy (non-hydrogen) atoms. The lowest BCUT2D eigenvalue weighted by atomic mass is 9.97. The third-order valence-corrected chi connectivity index (χ3v) is 1.84. The second-order valence-corrected chi connectivity index (χ2v) is 2.83. The maximum atomic E-state index is 9.30. The topological polar surface area (TPSA) is 80.9 Å². The molecular weight excluding hydrogens is 160 g/mol. The van der Waals surface area contributed by atoms with E-state index in [0.717, 1.165) is 0 Å². The van der Waals surface area contributed by atoms with Crippen LogP contribution in [0.5, 0.6) is 0 Å². The summed E-state index contributed by atoms with van der Waals surface area (Å²) in [6.07, 6.45) is -2.26. The predicted octanol–water partition coefficient (Wildman–Crippen LogP) is -1.12. The minimum atomic E-state index is -1.33. The Bertz CT molecular complexity index is 137. The van der Waals surface area contributed by atoms with E-state index in [1.807, 2.05) is 0 Å². The van der Waals surface area contributed by atoms with E-state index in [2.05, 4.69) is 6.58 Å². The maximum absolute atomic E-state index is 9.30. The zero-order valence-corrected chi connectivity index (χ0v) is 7.09. The second-order valence-electron chi connectivity index (χ2n) is 2.83. The summed E-state index contributed by atoms with van der Waals surface area (Å²) in [6, 6.07) is 0. The van der Waals surface area contributed by atoms with E-state index in [9.17, 15) is 10.2 Å². The third kappa shape index (κ3) is 2.91. The van der Waals surface area contributed by atoms with Crippen molar-refractivity contribution in [3.63, 3.8) is 0 Å². The standard InChI is InChI=1S/C8H16O4/c1-3-5(2)7(11)8(12)6(10)4-9/h3,5-12H,1,4H2,2H3. The first-order valence-electron chi connectivity index (χ1n) is 3.82. The fourth-order valence-corrected chi connectivity index (χ4v) is 0.786. The number of aliphatic hydroxyl groups is 4. The molecule has 0 radical (unpaired) electrons. The summed E-state index contributed by atoms with van der Waals surface area (Å²) in [4.78, 5) is 0. The van der Waals surface area contributed by atoms with Gasteiger partial charge in [-0.05, 0) is 0 Å². The molecule has 0 bridgehead atoms. The largest absolute Gasteiger partial charge is 0.394 e. The van der Waals surface area contributed by atoms with E-state index in [1.54, 1.807) is 6.92 Å². The van der Waals surface area contributed by atoms with Crippen LogP contribution >= 0.6 is 0 Å². The molecule has 0 fully saturated rings. The van der Waals surface area contributed by atoms with Crippen LogP contribution in [0, 0.1) is 5.92 Å². The molecule has 0 heterocycles. The Kier molecular flexibility index (Phi) is 5.08. The van der Waals surface area contributed by atoms with Crippen molar-refractivity contribution in [2.45, 2.75) is 25.2 Å². The van der Waals surface area contributed by atoms with Crippen molar-refractivity contribution in [1.29, 1.82) is 0 Å². The molecular formula is C8H16O4. The lowest BCUT2D eigenvalue weighted by Gasteiger charge is -2.24. The fraction of sp³-hybridized carbons (Fsp3) is 0.750. The van der Waals surface area contributed by atoms with Crippen molar-refractivity contribution in [2.24, 2.45) is 5.92 Å². The molecule has 0 aromatic carbocycles. The molecule has 0 spiro atoms. The molecule has 4 nitrogen and oxygen atoms in total. The van der Waals surface area contributed by atoms with Crippen LogP contribution in [-0.2, 0) is 0 Å². The van der Waals surface area contributed by atoms with E-state index < -0.39 is 24.9 Å². The van der Waals surface area contributed by atoms with Gasteiger partial charge in [0.05, 0.1) is 12.7 Å². The Balaban J connectivity index is 4.07. The van der Waals surface area contributed by atoms with Crippen molar-refractivity contribution in [3.8, 4) is 0 Å². The zero-order chi connectivity index (χ0) is 9.72. The summed E-state index contributed by atoms with van der Waals surface area (Å²) < 4.78 is 0. The van der Waals surface area contributed by atoms with Gasteiger partial charge in [-0.1, -0.05) is 13.0 Å². The van der Waals surface area contributed by atoms with Crippen molar-refractivity contribution >= 4 is 0 Å². The first-order valence-corrected chi connectivity index (χ1v) is 3.82. The Hall–Kier alpha value is -0.420. The number of rotatable bonds is 5. The van der Waals surface area contributed by atoms with Crippen LogP contribution in [0.2, 0.25) is 0 Å². The smallest absolute Gasteiger partial charge is 0.109 e. The van der Waals surface area contributed by atoms with Gasteiger partial charge in [-0.3, -0.25) is 0 Å². The molecule has 0 saturated carbocycles. The average molecular weight is 176 g/mol. The first-order chi connectivity index (χ1) is 5.54. The maximum Gasteiger partial charge on any atom is 0.109 e. The van der Waals surface area contributed by atoms with Crippen LogP contribution < -0.4 is 0 Å². The monoisotopic (exact) mass is 176 g/mol. The van der Waals surface area contributed by atoms with Crippen LogP contribution in [-0.4, -0.2) is 45.3 Å². The second kappa shape index (κ2) is 5.27. The normalized spacial score (nSPS) is 21.1. The molecule has 0 aliphatic carbocycles. The van der Waals surface area contributed by atoms with E-state index in [4.69, 9.17) is 10.2 Å². The Morgan fingerprint density at radius 1 is 1.25 bits per heavy atom. The van der Waals surface area contributed by atoms with Crippen molar-refractivity contribution < 1.29 is 20.4 Å². The summed E-state index contributed by atoms with van der Waals surface area (Å²) in [5.41, 5.74) is 0. The first kappa shape index (κ1) is 11.6. The summed E-state index contributed by atoms with van der Waals surface area (Å²) in [7, 11) is 0. The Morgan fingerprint density at radius 3 is 2.08 bits per heavy atom. The third-order valence-electron chi connectivity index (χ3n) is 1.84. The van der Waals surface area contributed by atoms with E-state index in [0.29, 0.717) is 0 Å². The van der Waals surface area contributed by atoms with Gasteiger partial charge in [-0.15, -0.1) is 6.58 Å². The number of hydrogen-bond acceptors (Lipinski definition) is 4. The van der Waals surface area contributed by atoms with Gasteiger partial charge in [-0.25, -0.2) is 0 Å². The van der Waals surface area contributed by atoms with Crippen LogP contribution in [0.1, 0.15) is 6.92 Å². The van der Waals surface area contributed by atoms with Crippen LogP contribution in [0.4, 0.5) is 0 Å². The van der Waals surface area contributed by atoms with Gasteiger partial charge in [0.15, 0.2) is 0 Å². The zero-order valence-electron chi connectivity index (χ0n) is 7.09. The van der Waals surface area contributed by atoms with Gasteiger partial charge in [0.25, 0.3) is 0 Å². The highest BCUT2D eigenvalue weighted by atomic mass is 16.4. The molecule has 0 rings (SSSR count). The van der Waals surface area contributed by atoms with Gasteiger partial charge in [0.2, 0.25) is 0 Å². The van der Waals surface area contributed by atoms with Crippen LogP contribution in [0.25, 0.3) is 0 Å². The van der Waals surface area contributed by atoms with Crippen molar-refractivity contribution in [1.82, 2.24) is 0 Å². The van der Waals surface area contributed by atoms with E-state index in [1.165, 1.54) is 6.08 Å². The highest BCUT2D eigenvalue weighted by Crippen LogP contribution is 2.10. The van der Waals surface area contributed by atoms with Crippen molar-refractivity contribution in [3.05, 3.63) is 12.7 Å². The molecule has 4 unspecified atom stereocenters. The van der Waals surface area contributed by atoms with Gasteiger partial charge in [0, 0.05) is 5.92 Å². The number of aliphatic hydroxyl groups excluding tert-OH is 4. The minimum Gasteiger partial charge on any atom is -0.394 e. The average Bonchev–Trinajstić information content (AvgIpc) is 2.12. The van der Waals surface area contributed by atoms with Gasteiger partial charge >= 0.3 is 0 Å². The Labute approximate surface area is 71.8 Å². The van der Waals surface area contributed by atoms with Crippen LogP contribution in [0.15, 0.2) is 12.7 Å². The molecule has 4 N–H and O–H groups in total. The van der Waals surface area contributed by atoms with Gasteiger partial charge < -0.3 is 20.4 Å². The minimum absolute atomic E-state index is 0.318. The molecule has 0 saturated heterocycles. The SMILES string of the molecule is C=CC(C)C(O)C(O)C(O)CO. The van der Waals surface area contributed by atoms with Crippen LogP contribution in [0.3, 0.4) is 0 Å². The molecule has 4 atom stereocenters. The quantitative estimate of drug-likeness (QED) is 0.400. The number of hydrogen-bond donors (Lipinski definition) is 4. The summed E-state index contributed by atoms with van der Waals surface area (Å²) in [5.74, 6) is -0.318. The summed E-state index contributed by atoms with van der Waals surface area (Å²) in [5, 5.41) is 35.9. The molecule has 72 valence electrons. The summed E-state index contributed by atoms with van der Waals surface area (Å²) in [6.45, 7) is 4.52. The molecule has 0 aliphatic rings.